The maximum atomic E-state index is 11.5. The van der Waals surface area contributed by atoms with E-state index in [-0.39, 0.29) is 12.3 Å². The second kappa shape index (κ2) is 6.20. The first-order chi connectivity index (χ1) is 9.56. The molecule has 0 aliphatic carbocycles. The molecule has 1 aromatic heterocycles. The lowest BCUT2D eigenvalue weighted by molar-refractivity contribution is -0.138. The summed E-state index contributed by atoms with van der Waals surface area (Å²) in [7, 11) is 0. The first-order valence-corrected chi connectivity index (χ1v) is 6.56. The van der Waals surface area contributed by atoms with Gasteiger partial charge in [-0.15, -0.1) is 5.10 Å². The molecule has 3 N–H and O–H groups in total. The molecule has 2 heterocycles. The largest absolute Gasteiger partial charge is 0.481 e. The minimum atomic E-state index is -1.02. The predicted molar refractivity (Wildman–Crippen MR) is 75.6 cm³/mol. The van der Waals surface area contributed by atoms with Gasteiger partial charge in [0.15, 0.2) is 5.17 Å². The van der Waals surface area contributed by atoms with E-state index in [0.29, 0.717) is 10.9 Å². The Morgan fingerprint density at radius 1 is 1.65 bits per heavy atom. The normalized spacial score (nSPS) is 19.7. The maximum Gasteiger partial charge on any atom is 0.305 e. The van der Waals surface area contributed by atoms with Crippen molar-refractivity contribution in [3.8, 4) is 0 Å². The molecule has 0 bridgehead atoms. The van der Waals surface area contributed by atoms with E-state index >= 15 is 0 Å². The Morgan fingerprint density at radius 3 is 3.10 bits per heavy atom. The fourth-order valence-electron chi connectivity index (χ4n) is 1.47. The van der Waals surface area contributed by atoms with E-state index in [9.17, 15) is 9.59 Å². The van der Waals surface area contributed by atoms with Crippen LogP contribution < -0.4 is 10.7 Å². The average molecular weight is 292 g/mol. The molecule has 0 aromatic carbocycles. The lowest BCUT2D eigenvalue weighted by Gasteiger charge is -2.04. The van der Waals surface area contributed by atoms with E-state index in [1.807, 2.05) is 6.07 Å². The summed E-state index contributed by atoms with van der Waals surface area (Å²) in [6, 6.07) is 3.58. The van der Waals surface area contributed by atoms with Gasteiger partial charge in [0.2, 0.25) is 5.91 Å². The van der Waals surface area contributed by atoms with Gasteiger partial charge in [-0.2, -0.15) is 0 Å². The van der Waals surface area contributed by atoms with Gasteiger partial charge in [0, 0.05) is 18.0 Å². The van der Waals surface area contributed by atoms with Crippen molar-refractivity contribution in [1.29, 1.82) is 0 Å². The lowest BCUT2D eigenvalue weighted by Crippen LogP contribution is -2.27. The topological polar surface area (TPSA) is 104 Å². The summed E-state index contributed by atoms with van der Waals surface area (Å²) in [6.07, 6.45) is 3.04. The SMILES string of the molecule is C=C(N/N=C1/NC(=O)[C@@H](CC(=O)O)S1)c1cccnc1. The summed E-state index contributed by atoms with van der Waals surface area (Å²) in [4.78, 5) is 26.0. The van der Waals surface area contributed by atoms with Crippen LogP contribution in [0, 0.1) is 0 Å². The highest BCUT2D eigenvalue weighted by atomic mass is 32.2. The average Bonchev–Trinajstić information content (AvgIpc) is 2.77. The van der Waals surface area contributed by atoms with Crippen LogP contribution in [-0.4, -0.2) is 32.4 Å². The predicted octanol–water partition coefficient (Wildman–Crippen LogP) is 0.619. The molecule has 1 fully saturated rings. The van der Waals surface area contributed by atoms with E-state index in [0.717, 1.165) is 17.3 Å². The molecule has 1 aromatic rings. The molecule has 1 amide bonds. The zero-order chi connectivity index (χ0) is 14.5. The third-order valence-corrected chi connectivity index (χ3v) is 3.52. The number of hydrogen-bond acceptors (Lipinski definition) is 6. The molecule has 0 unspecified atom stereocenters. The number of aromatic nitrogens is 1. The van der Waals surface area contributed by atoms with Gasteiger partial charge < -0.3 is 10.4 Å². The number of hydrogen-bond donors (Lipinski definition) is 3. The van der Waals surface area contributed by atoms with Gasteiger partial charge >= 0.3 is 5.97 Å². The summed E-state index contributed by atoms with van der Waals surface area (Å²) < 4.78 is 0. The number of nitrogens with one attached hydrogen (secondary N) is 2. The molecule has 0 spiro atoms. The van der Waals surface area contributed by atoms with Gasteiger partial charge in [0.1, 0.15) is 5.25 Å². The van der Waals surface area contributed by atoms with Gasteiger partial charge in [0.25, 0.3) is 0 Å². The highest BCUT2D eigenvalue weighted by molar-refractivity contribution is 8.15. The van der Waals surface area contributed by atoms with Gasteiger partial charge in [-0.05, 0) is 12.1 Å². The van der Waals surface area contributed by atoms with Gasteiger partial charge in [-0.25, -0.2) is 0 Å². The molecule has 20 heavy (non-hydrogen) atoms. The molecule has 0 saturated carbocycles. The number of hydrazone groups is 1. The van der Waals surface area contributed by atoms with Crippen LogP contribution in [0.5, 0.6) is 0 Å². The van der Waals surface area contributed by atoms with Crippen molar-refractivity contribution in [3.63, 3.8) is 0 Å². The fourth-order valence-corrected chi connectivity index (χ4v) is 2.39. The summed E-state index contributed by atoms with van der Waals surface area (Å²) >= 11 is 1.07. The van der Waals surface area contributed by atoms with Gasteiger partial charge in [-0.1, -0.05) is 18.3 Å². The van der Waals surface area contributed by atoms with Crippen LogP contribution in [0.1, 0.15) is 12.0 Å². The van der Waals surface area contributed by atoms with Crippen molar-refractivity contribution < 1.29 is 14.7 Å². The number of pyridine rings is 1. The number of thioether (sulfide) groups is 1. The summed E-state index contributed by atoms with van der Waals surface area (Å²) in [5.41, 5.74) is 4.01. The quantitative estimate of drug-likeness (QED) is 0.687. The van der Waals surface area contributed by atoms with Crippen LogP contribution in [0.4, 0.5) is 0 Å². The highest BCUT2D eigenvalue weighted by Gasteiger charge is 2.32. The van der Waals surface area contributed by atoms with Crippen LogP contribution in [0.3, 0.4) is 0 Å². The maximum absolute atomic E-state index is 11.5. The molecule has 104 valence electrons. The Kier molecular flexibility index (Phi) is 4.36. The Bertz CT molecular complexity index is 573. The molecular weight excluding hydrogens is 280 g/mol. The highest BCUT2D eigenvalue weighted by Crippen LogP contribution is 2.22. The van der Waals surface area contributed by atoms with Crippen molar-refractivity contribution in [1.82, 2.24) is 15.7 Å². The van der Waals surface area contributed by atoms with Crippen LogP contribution in [0.2, 0.25) is 0 Å². The molecule has 1 aliphatic rings. The van der Waals surface area contributed by atoms with Gasteiger partial charge in [0.05, 0.1) is 12.1 Å². The number of carboxylic acids is 1. The summed E-state index contributed by atoms with van der Waals surface area (Å²) in [5, 5.41) is 14.8. The first kappa shape index (κ1) is 14.1. The Hall–Kier alpha value is -2.35. The molecule has 0 radical (unpaired) electrons. The number of carboxylic acid groups (broad SMARTS) is 1. The smallest absolute Gasteiger partial charge is 0.305 e. The number of carbonyl (C=O) groups excluding carboxylic acids is 1. The van der Waals surface area contributed by atoms with Crippen LogP contribution in [0.15, 0.2) is 36.2 Å². The van der Waals surface area contributed by atoms with Crippen molar-refractivity contribution in [2.75, 3.05) is 0 Å². The minimum absolute atomic E-state index is 0.237. The van der Waals surface area contributed by atoms with E-state index in [1.54, 1.807) is 18.5 Å². The number of carbonyl (C=O) groups is 2. The van der Waals surface area contributed by atoms with Crippen LogP contribution in [0.25, 0.3) is 5.70 Å². The Morgan fingerprint density at radius 2 is 2.45 bits per heavy atom. The second-order valence-electron chi connectivity index (χ2n) is 3.94. The van der Waals surface area contributed by atoms with E-state index in [2.05, 4.69) is 27.4 Å². The second-order valence-corrected chi connectivity index (χ2v) is 5.13. The number of aliphatic carboxylic acids is 1. The Labute approximate surface area is 119 Å². The monoisotopic (exact) mass is 292 g/mol. The molecule has 2 rings (SSSR count). The number of amides is 1. The lowest BCUT2D eigenvalue weighted by atomic mass is 10.2. The third kappa shape index (κ3) is 3.58. The standard InChI is InChI=1S/C12H12N4O3S/c1-7(8-3-2-4-13-6-8)15-16-12-14-11(19)9(20-12)5-10(17)18/h2-4,6,9,15H,1,5H2,(H,17,18)(H,14,16,19)/t9-/m1/s1. The van der Waals surface area contributed by atoms with E-state index < -0.39 is 11.2 Å². The van der Waals surface area contributed by atoms with Crippen molar-refractivity contribution in [3.05, 3.63) is 36.7 Å². The van der Waals surface area contributed by atoms with E-state index in [4.69, 9.17) is 5.11 Å². The third-order valence-electron chi connectivity index (χ3n) is 2.44. The van der Waals surface area contributed by atoms with Crippen molar-refractivity contribution in [2.24, 2.45) is 5.10 Å². The van der Waals surface area contributed by atoms with Crippen LogP contribution in [-0.2, 0) is 9.59 Å². The number of amidine groups is 1. The molecule has 8 heteroatoms. The van der Waals surface area contributed by atoms with Crippen molar-refractivity contribution in [2.45, 2.75) is 11.7 Å². The Balaban J connectivity index is 1.95. The molecular formula is C12H12N4O3S. The fraction of sp³-hybridized carbons (Fsp3) is 0.167. The zero-order valence-corrected chi connectivity index (χ0v) is 11.2. The van der Waals surface area contributed by atoms with Crippen molar-refractivity contribution >= 4 is 34.5 Å². The van der Waals surface area contributed by atoms with Crippen LogP contribution >= 0.6 is 11.8 Å². The summed E-state index contributed by atoms with van der Waals surface area (Å²) in [5.74, 6) is -1.38. The number of rotatable bonds is 5. The first-order valence-electron chi connectivity index (χ1n) is 5.68. The number of nitrogens with zero attached hydrogens (tertiary/aromatic N) is 2. The molecule has 1 saturated heterocycles. The molecule has 1 atom stereocenters. The minimum Gasteiger partial charge on any atom is -0.481 e. The molecule has 1 aliphatic heterocycles. The molecule has 7 nitrogen and oxygen atoms in total. The zero-order valence-electron chi connectivity index (χ0n) is 10.4. The summed E-state index contributed by atoms with van der Waals surface area (Å²) in [6.45, 7) is 3.80. The van der Waals surface area contributed by atoms with Gasteiger partial charge in [-0.3, -0.25) is 20.0 Å². The van der Waals surface area contributed by atoms with E-state index in [1.165, 1.54) is 0 Å².